The normalized spacial score (nSPS) is 11.8. The number of aromatic nitrogens is 1. The number of unbranched alkanes of at least 4 members (excludes halogenated alkanes) is 6. The van der Waals surface area contributed by atoms with Gasteiger partial charge in [-0.1, -0.05) is 64.5 Å². The molecule has 1 aromatic carbocycles. The molecule has 30 heavy (non-hydrogen) atoms. The van der Waals surface area contributed by atoms with E-state index in [2.05, 4.69) is 11.9 Å². The molecule has 0 amide bonds. The maximum Gasteiger partial charge on any atom is 0.340 e. The van der Waals surface area contributed by atoms with Crippen molar-refractivity contribution in [1.82, 2.24) is 4.98 Å². The highest BCUT2D eigenvalue weighted by Crippen LogP contribution is 2.25. The number of ether oxygens (including phenoxy) is 2. The molecule has 164 valence electrons. The first-order chi connectivity index (χ1) is 14.7. The van der Waals surface area contributed by atoms with Crippen molar-refractivity contribution in [2.45, 2.75) is 84.7 Å². The van der Waals surface area contributed by atoms with Gasteiger partial charge in [-0.15, -0.1) is 0 Å². The Balaban J connectivity index is 1.81. The Morgan fingerprint density at radius 2 is 1.60 bits per heavy atom. The Labute approximate surface area is 182 Å². The van der Waals surface area contributed by atoms with E-state index in [0.717, 1.165) is 29.8 Å². The monoisotopic (exact) mass is 411 g/mol. The molecular formula is C26H37NO3. The van der Waals surface area contributed by atoms with E-state index in [1.54, 1.807) is 6.20 Å². The van der Waals surface area contributed by atoms with Crippen LogP contribution in [0.15, 0.2) is 42.6 Å². The van der Waals surface area contributed by atoms with Gasteiger partial charge in [0.05, 0.1) is 12.2 Å². The lowest BCUT2D eigenvalue weighted by Gasteiger charge is -2.17. The summed E-state index contributed by atoms with van der Waals surface area (Å²) >= 11 is 0. The molecule has 1 atom stereocenters. The Morgan fingerprint density at radius 3 is 2.20 bits per heavy atom. The molecule has 0 radical (unpaired) electrons. The first-order valence-electron chi connectivity index (χ1n) is 11.6. The third-order valence-corrected chi connectivity index (χ3v) is 5.28. The fraction of sp³-hybridized carbons (Fsp3) is 0.538. The molecule has 0 aliphatic carbocycles. The van der Waals surface area contributed by atoms with Gasteiger partial charge in [0.2, 0.25) is 0 Å². The third-order valence-electron chi connectivity index (χ3n) is 5.28. The molecule has 0 aliphatic rings. The standard InChI is InChI=1S/C26H37NO3/c1-4-7-8-9-10-11-12-13-23-17-14-22(20-27-23)26(28)30-25(5-2)21-15-18-24(19-16-21)29-6-3/h14-20,25H,4-13H2,1-3H3. The van der Waals surface area contributed by atoms with Gasteiger partial charge in [0.25, 0.3) is 0 Å². The summed E-state index contributed by atoms with van der Waals surface area (Å²) in [5.41, 5.74) is 2.51. The zero-order chi connectivity index (χ0) is 21.6. The van der Waals surface area contributed by atoms with E-state index < -0.39 is 0 Å². The van der Waals surface area contributed by atoms with Crippen LogP contribution in [0.3, 0.4) is 0 Å². The number of nitrogens with zero attached hydrogens (tertiary/aromatic N) is 1. The van der Waals surface area contributed by atoms with Crippen LogP contribution in [0.4, 0.5) is 0 Å². The minimum absolute atomic E-state index is 0.277. The molecule has 0 bridgehead atoms. The van der Waals surface area contributed by atoms with E-state index in [9.17, 15) is 4.79 Å². The van der Waals surface area contributed by atoms with Crippen LogP contribution in [0.25, 0.3) is 0 Å². The van der Waals surface area contributed by atoms with Crippen molar-refractivity contribution in [3.05, 3.63) is 59.4 Å². The minimum Gasteiger partial charge on any atom is -0.494 e. The number of carbonyl (C=O) groups excluding carboxylic acids is 1. The van der Waals surface area contributed by atoms with Crippen molar-refractivity contribution in [3.8, 4) is 5.75 Å². The molecule has 0 saturated carbocycles. The predicted molar refractivity (Wildman–Crippen MR) is 122 cm³/mol. The van der Waals surface area contributed by atoms with Gasteiger partial charge in [0.1, 0.15) is 11.9 Å². The topological polar surface area (TPSA) is 48.4 Å². The SMILES string of the molecule is CCCCCCCCCc1ccc(C(=O)OC(CC)c2ccc(OCC)cc2)cn1. The Kier molecular flexibility index (Phi) is 11.0. The molecule has 0 fully saturated rings. The Morgan fingerprint density at radius 1 is 0.900 bits per heavy atom. The Bertz CT molecular complexity index is 725. The second-order valence-corrected chi connectivity index (χ2v) is 7.71. The Hall–Kier alpha value is -2.36. The number of esters is 1. The van der Waals surface area contributed by atoms with Gasteiger partial charge in [0.15, 0.2) is 0 Å². The first-order valence-corrected chi connectivity index (χ1v) is 11.6. The van der Waals surface area contributed by atoms with E-state index in [0.29, 0.717) is 18.6 Å². The van der Waals surface area contributed by atoms with Gasteiger partial charge >= 0.3 is 5.97 Å². The highest BCUT2D eigenvalue weighted by molar-refractivity contribution is 5.89. The third kappa shape index (κ3) is 8.17. The van der Waals surface area contributed by atoms with Gasteiger partial charge < -0.3 is 9.47 Å². The molecule has 4 heteroatoms. The summed E-state index contributed by atoms with van der Waals surface area (Å²) in [7, 11) is 0. The van der Waals surface area contributed by atoms with Crippen molar-refractivity contribution in [2.24, 2.45) is 0 Å². The maximum atomic E-state index is 12.6. The molecule has 1 unspecified atom stereocenters. The highest BCUT2D eigenvalue weighted by atomic mass is 16.5. The van der Waals surface area contributed by atoms with Crippen LogP contribution < -0.4 is 4.74 Å². The van der Waals surface area contributed by atoms with E-state index in [4.69, 9.17) is 9.47 Å². The second-order valence-electron chi connectivity index (χ2n) is 7.71. The number of hydrogen-bond acceptors (Lipinski definition) is 4. The molecule has 0 spiro atoms. The molecule has 0 N–H and O–H groups in total. The molecule has 1 heterocycles. The highest BCUT2D eigenvalue weighted by Gasteiger charge is 2.17. The number of benzene rings is 1. The molecule has 0 saturated heterocycles. The fourth-order valence-corrected chi connectivity index (χ4v) is 3.49. The van der Waals surface area contributed by atoms with E-state index in [1.165, 1.54) is 38.5 Å². The largest absolute Gasteiger partial charge is 0.494 e. The summed E-state index contributed by atoms with van der Waals surface area (Å²) in [6.45, 7) is 6.84. The summed E-state index contributed by atoms with van der Waals surface area (Å²) in [4.78, 5) is 17.0. The number of pyridine rings is 1. The molecule has 2 rings (SSSR count). The molecule has 4 nitrogen and oxygen atoms in total. The number of hydrogen-bond donors (Lipinski definition) is 0. The summed E-state index contributed by atoms with van der Waals surface area (Å²) < 4.78 is 11.2. The smallest absolute Gasteiger partial charge is 0.340 e. The number of rotatable bonds is 14. The van der Waals surface area contributed by atoms with Crippen LogP contribution in [-0.4, -0.2) is 17.6 Å². The summed E-state index contributed by atoms with van der Waals surface area (Å²) in [6.07, 6.45) is 12.1. The summed E-state index contributed by atoms with van der Waals surface area (Å²) in [5, 5.41) is 0. The predicted octanol–water partition coefficient (Wildman–Crippen LogP) is 7.08. The minimum atomic E-state index is -0.328. The molecule has 0 aliphatic heterocycles. The lowest BCUT2D eigenvalue weighted by Crippen LogP contribution is -2.11. The van der Waals surface area contributed by atoms with Gasteiger partial charge in [-0.2, -0.15) is 0 Å². The van der Waals surface area contributed by atoms with Crippen molar-refractivity contribution in [3.63, 3.8) is 0 Å². The quantitative estimate of drug-likeness (QED) is 0.246. The van der Waals surface area contributed by atoms with E-state index in [1.807, 2.05) is 50.2 Å². The van der Waals surface area contributed by atoms with Crippen molar-refractivity contribution in [2.75, 3.05) is 6.61 Å². The average Bonchev–Trinajstić information content (AvgIpc) is 2.78. The lowest BCUT2D eigenvalue weighted by atomic mass is 10.1. The number of aryl methyl sites for hydroxylation is 1. The van der Waals surface area contributed by atoms with Crippen molar-refractivity contribution >= 4 is 5.97 Å². The van der Waals surface area contributed by atoms with Crippen LogP contribution in [0.5, 0.6) is 5.75 Å². The van der Waals surface area contributed by atoms with E-state index >= 15 is 0 Å². The van der Waals surface area contributed by atoms with Gasteiger partial charge in [-0.05, 0) is 56.0 Å². The maximum absolute atomic E-state index is 12.6. The molecule has 2 aromatic rings. The zero-order valence-electron chi connectivity index (χ0n) is 18.9. The first kappa shape index (κ1) is 23.9. The lowest BCUT2D eigenvalue weighted by molar-refractivity contribution is 0.0287. The second kappa shape index (κ2) is 13.8. The van der Waals surface area contributed by atoms with Crippen LogP contribution in [0, 0.1) is 0 Å². The molecule has 1 aromatic heterocycles. The summed E-state index contributed by atoms with van der Waals surface area (Å²) in [6, 6.07) is 11.5. The molecular weight excluding hydrogens is 374 g/mol. The van der Waals surface area contributed by atoms with Gasteiger partial charge in [0, 0.05) is 11.9 Å². The van der Waals surface area contributed by atoms with Gasteiger partial charge in [-0.3, -0.25) is 4.98 Å². The zero-order valence-corrected chi connectivity index (χ0v) is 18.9. The van der Waals surface area contributed by atoms with Crippen LogP contribution in [0.1, 0.15) is 99.9 Å². The summed E-state index contributed by atoms with van der Waals surface area (Å²) in [5.74, 6) is 0.494. The van der Waals surface area contributed by atoms with Gasteiger partial charge in [-0.25, -0.2) is 4.79 Å². The van der Waals surface area contributed by atoms with E-state index in [-0.39, 0.29) is 12.1 Å². The van der Waals surface area contributed by atoms with Crippen LogP contribution >= 0.6 is 0 Å². The average molecular weight is 412 g/mol. The fourth-order valence-electron chi connectivity index (χ4n) is 3.49. The van der Waals surface area contributed by atoms with Crippen molar-refractivity contribution < 1.29 is 14.3 Å². The van der Waals surface area contributed by atoms with Crippen LogP contribution in [0.2, 0.25) is 0 Å². The van der Waals surface area contributed by atoms with Crippen LogP contribution in [-0.2, 0) is 11.2 Å². The number of carbonyl (C=O) groups is 1. The van der Waals surface area contributed by atoms with Crippen molar-refractivity contribution in [1.29, 1.82) is 0 Å².